The summed E-state index contributed by atoms with van der Waals surface area (Å²) in [6.07, 6.45) is -0.500. The van der Waals surface area contributed by atoms with Gasteiger partial charge in [-0.3, -0.25) is 0 Å². The summed E-state index contributed by atoms with van der Waals surface area (Å²) in [6, 6.07) is 3.35. The van der Waals surface area contributed by atoms with Crippen LogP contribution in [0.25, 0.3) is 0 Å². The lowest BCUT2D eigenvalue weighted by Crippen LogP contribution is -2.26. The van der Waals surface area contributed by atoms with Gasteiger partial charge in [0.2, 0.25) is 0 Å². The van der Waals surface area contributed by atoms with Crippen LogP contribution in [-0.4, -0.2) is 22.2 Å². The third-order valence-corrected chi connectivity index (χ3v) is 1.94. The minimum absolute atomic E-state index is 0.217. The van der Waals surface area contributed by atoms with E-state index in [2.05, 4.69) is 4.98 Å². The van der Waals surface area contributed by atoms with Gasteiger partial charge >= 0.3 is 5.97 Å². The molecule has 1 atom stereocenters. The number of nitrogens with zero attached hydrogens (tertiary/aromatic N) is 1. The molecule has 0 aromatic carbocycles. The monoisotopic (exact) mass is 210 g/mol. The maximum absolute atomic E-state index is 10.7. The van der Waals surface area contributed by atoms with Crippen LogP contribution in [0.2, 0.25) is 0 Å². The number of aromatic nitrogens is 1. The summed E-state index contributed by atoms with van der Waals surface area (Å²) in [6.45, 7) is 3.53. The lowest BCUT2D eigenvalue weighted by molar-refractivity contribution is -0.145. The Labute approximate surface area is 87.9 Å². The van der Waals surface area contributed by atoms with E-state index in [1.54, 1.807) is 26.0 Å². The van der Waals surface area contributed by atoms with Crippen LogP contribution >= 0.6 is 0 Å². The average molecular weight is 210 g/mol. The highest BCUT2D eigenvalue weighted by Gasteiger charge is 2.18. The first-order valence-corrected chi connectivity index (χ1v) is 4.67. The van der Waals surface area contributed by atoms with Crippen molar-refractivity contribution in [2.24, 2.45) is 0 Å². The number of rotatable bonds is 4. The highest BCUT2D eigenvalue weighted by atomic mass is 16.5. The van der Waals surface area contributed by atoms with Gasteiger partial charge in [0, 0.05) is 5.69 Å². The van der Waals surface area contributed by atoms with Crippen molar-refractivity contribution in [2.45, 2.75) is 26.4 Å². The number of nitrogens with two attached hydrogens (primary N) is 1. The SMILES string of the molecule is CCC(Oc1ccc(C)nc1N)C(=O)O. The molecule has 1 aromatic rings. The molecule has 0 saturated carbocycles. The number of ether oxygens (including phenoxy) is 1. The molecule has 1 heterocycles. The molecule has 3 N–H and O–H groups in total. The number of aryl methyl sites for hydroxylation is 1. The number of nitrogen functional groups attached to an aromatic ring is 1. The number of aliphatic carboxylic acids is 1. The minimum atomic E-state index is -1.00. The van der Waals surface area contributed by atoms with Crippen molar-refractivity contribution in [3.05, 3.63) is 17.8 Å². The van der Waals surface area contributed by atoms with E-state index in [4.69, 9.17) is 15.6 Å². The largest absolute Gasteiger partial charge is 0.479 e. The molecule has 1 unspecified atom stereocenters. The van der Waals surface area contributed by atoms with Crippen LogP contribution in [0.1, 0.15) is 19.0 Å². The number of carboxylic acids is 1. The van der Waals surface area contributed by atoms with E-state index in [1.807, 2.05) is 0 Å². The van der Waals surface area contributed by atoms with Gasteiger partial charge in [0.15, 0.2) is 17.7 Å². The first kappa shape index (κ1) is 11.3. The molecule has 0 aliphatic rings. The molecule has 5 nitrogen and oxygen atoms in total. The first-order chi connectivity index (χ1) is 7.04. The van der Waals surface area contributed by atoms with Gasteiger partial charge in [-0.15, -0.1) is 0 Å². The van der Waals surface area contributed by atoms with Gasteiger partial charge < -0.3 is 15.6 Å². The molecule has 0 bridgehead atoms. The Hall–Kier alpha value is -1.78. The number of anilines is 1. The standard InChI is InChI=1S/C10H14N2O3/c1-3-7(10(13)14)15-8-5-4-6(2)12-9(8)11/h4-5,7H,3H2,1-2H3,(H2,11,12)(H,13,14). The van der Waals surface area contributed by atoms with Crippen molar-refractivity contribution in [3.63, 3.8) is 0 Å². The number of carbonyl (C=O) groups is 1. The van der Waals surface area contributed by atoms with Crippen LogP contribution in [0.4, 0.5) is 5.82 Å². The molecule has 1 aromatic heterocycles. The molecule has 0 amide bonds. The van der Waals surface area contributed by atoms with E-state index in [1.165, 1.54) is 0 Å². The molecule has 5 heteroatoms. The van der Waals surface area contributed by atoms with E-state index in [9.17, 15) is 4.79 Å². The second kappa shape index (κ2) is 4.63. The van der Waals surface area contributed by atoms with E-state index in [0.717, 1.165) is 5.69 Å². The second-order valence-electron chi connectivity index (χ2n) is 3.19. The van der Waals surface area contributed by atoms with Gasteiger partial charge in [0.05, 0.1) is 0 Å². The lowest BCUT2D eigenvalue weighted by atomic mass is 10.3. The highest BCUT2D eigenvalue weighted by molar-refractivity contribution is 5.73. The molecule has 1 rings (SSSR count). The third kappa shape index (κ3) is 2.83. The van der Waals surface area contributed by atoms with Gasteiger partial charge in [-0.2, -0.15) is 0 Å². The molecule has 82 valence electrons. The number of pyridine rings is 1. The zero-order chi connectivity index (χ0) is 11.4. The lowest BCUT2D eigenvalue weighted by Gasteiger charge is -2.14. The molecule has 0 aliphatic heterocycles. The van der Waals surface area contributed by atoms with Crippen molar-refractivity contribution < 1.29 is 14.6 Å². The topological polar surface area (TPSA) is 85.4 Å². The second-order valence-corrected chi connectivity index (χ2v) is 3.19. The van der Waals surface area contributed by atoms with Crippen LogP contribution in [0.15, 0.2) is 12.1 Å². The predicted octanol–water partition coefficient (Wildman–Crippen LogP) is 1.21. The summed E-state index contributed by atoms with van der Waals surface area (Å²) < 4.78 is 5.22. The fourth-order valence-electron chi connectivity index (χ4n) is 1.13. The smallest absolute Gasteiger partial charge is 0.344 e. The van der Waals surface area contributed by atoms with Crippen molar-refractivity contribution in [2.75, 3.05) is 5.73 Å². The molecule has 0 saturated heterocycles. The number of hydrogen-bond acceptors (Lipinski definition) is 4. The van der Waals surface area contributed by atoms with E-state index >= 15 is 0 Å². The normalized spacial score (nSPS) is 12.1. The fourth-order valence-corrected chi connectivity index (χ4v) is 1.13. The molecule has 0 spiro atoms. The van der Waals surface area contributed by atoms with E-state index < -0.39 is 12.1 Å². The summed E-state index contributed by atoms with van der Waals surface area (Å²) in [4.78, 5) is 14.7. The maximum Gasteiger partial charge on any atom is 0.344 e. The van der Waals surface area contributed by atoms with Gasteiger partial charge in [0.1, 0.15) is 0 Å². The van der Waals surface area contributed by atoms with Crippen molar-refractivity contribution in [1.82, 2.24) is 4.98 Å². The zero-order valence-corrected chi connectivity index (χ0v) is 8.73. The predicted molar refractivity (Wildman–Crippen MR) is 55.7 cm³/mol. The minimum Gasteiger partial charge on any atom is -0.479 e. The maximum atomic E-state index is 10.7. The molecule has 15 heavy (non-hydrogen) atoms. The van der Waals surface area contributed by atoms with Crippen molar-refractivity contribution in [1.29, 1.82) is 0 Å². The molecular formula is C10H14N2O3. The van der Waals surface area contributed by atoms with Crippen molar-refractivity contribution in [3.8, 4) is 5.75 Å². The van der Waals surface area contributed by atoms with Gasteiger partial charge in [-0.05, 0) is 25.5 Å². The quantitative estimate of drug-likeness (QED) is 0.780. The van der Waals surface area contributed by atoms with Crippen molar-refractivity contribution >= 4 is 11.8 Å². The Bertz CT molecular complexity index is 366. The third-order valence-electron chi connectivity index (χ3n) is 1.94. The Kier molecular flexibility index (Phi) is 3.49. The molecular weight excluding hydrogens is 196 g/mol. The summed E-state index contributed by atoms with van der Waals surface area (Å²) >= 11 is 0. The summed E-state index contributed by atoms with van der Waals surface area (Å²) in [5.41, 5.74) is 6.36. The fraction of sp³-hybridized carbons (Fsp3) is 0.400. The molecule has 0 aliphatic carbocycles. The Balaban J connectivity index is 2.84. The van der Waals surface area contributed by atoms with Crippen LogP contribution in [0.5, 0.6) is 5.75 Å². The molecule has 0 radical (unpaired) electrons. The Morgan fingerprint density at radius 3 is 2.80 bits per heavy atom. The average Bonchev–Trinajstić information content (AvgIpc) is 2.16. The highest BCUT2D eigenvalue weighted by Crippen LogP contribution is 2.20. The van der Waals surface area contributed by atoms with Gasteiger partial charge in [-0.1, -0.05) is 6.92 Å². The first-order valence-electron chi connectivity index (χ1n) is 4.67. The Morgan fingerprint density at radius 1 is 1.67 bits per heavy atom. The van der Waals surface area contributed by atoms with Crippen LogP contribution < -0.4 is 10.5 Å². The number of carboxylic acid groups (broad SMARTS) is 1. The van der Waals surface area contributed by atoms with Crippen LogP contribution in [0, 0.1) is 6.92 Å². The van der Waals surface area contributed by atoms with Gasteiger partial charge in [0.25, 0.3) is 0 Å². The summed E-state index contributed by atoms with van der Waals surface area (Å²) in [5.74, 6) is -0.470. The van der Waals surface area contributed by atoms with Crippen LogP contribution in [-0.2, 0) is 4.79 Å². The number of hydrogen-bond donors (Lipinski definition) is 2. The van der Waals surface area contributed by atoms with E-state index in [0.29, 0.717) is 12.2 Å². The molecule has 0 fully saturated rings. The zero-order valence-electron chi connectivity index (χ0n) is 8.73. The Morgan fingerprint density at radius 2 is 2.33 bits per heavy atom. The van der Waals surface area contributed by atoms with Crippen LogP contribution in [0.3, 0.4) is 0 Å². The summed E-state index contributed by atoms with van der Waals surface area (Å²) in [7, 11) is 0. The van der Waals surface area contributed by atoms with E-state index in [-0.39, 0.29) is 5.82 Å². The van der Waals surface area contributed by atoms with Gasteiger partial charge in [-0.25, -0.2) is 9.78 Å². The summed E-state index contributed by atoms with van der Waals surface area (Å²) in [5, 5.41) is 8.79.